The molecule has 0 aliphatic carbocycles. The standard InChI is InChI=1S/C21H16F7NO3/c22-13-7-11(4-5-12(13)21(26,27)28)29-19(31)17-15-8-14(30)18(32-15)16(17)9-2-1-3-10(6-9)20(23,24)25/h1-7,14-18,30H,8H2,(H,29,31). The summed E-state index contributed by atoms with van der Waals surface area (Å²) in [5.41, 5.74) is -2.55. The molecule has 0 aromatic heterocycles. The molecule has 2 heterocycles. The first-order valence-corrected chi connectivity index (χ1v) is 9.54. The summed E-state index contributed by atoms with van der Waals surface area (Å²) in [6, 6.07) is 6.18. The fourth-order valence-electron chi connectivity index (χ4n) is 4.41. The number of alkyl halides is 6. The number of anilines is 1. The van der Waals surface area contributed by atoms with Crippen molar-refractivity contribution in [2.75, 3.05) is 5.32 Å². The number of amides is 1. The first-order chi connectivity index (χ1) is 14.9. The van der Waals surface area contributed by atoms with E-state index in [1.807, 2.05) is 0 Å². The van der Waals surface area contributed by atoms with Crippen LogP contribution >= 0.6 is 0 Å². The summed E-state index contributed by atoms with van der Waals surface area (Å²) in [5.74, 6) is -4.29. The summed E-state index contributed by atoms with van der Waals surface area (Å²) in [6.07, 6.45) is -12.2. The molecule has 2 fully saturated rings. The van der Waals surface area contributed by atoms with Crippen molar-refractivity contribution in [1.82, 2.24) is 0 Å². The number of aliphatic hydroxyl groups is 1. The van der Waals surface area contributed by atoms with Crippen molar-refractivity contribution in [1.29, 1.82) is 0 Å². The van der Waals surface area contributed by atoms with E-state index >= 15 is 0 Å². The number of halogens is 7. The van der Waals surface area contributed by atoms with Gasteiger partial charge in [-0.25, -0.2) is 4.39 Å². The van der Waals surface area contributed by atoms with Crippen LogP contribution in [0.5, 0.6) is 0 Å². The van der Waals surface area contributed by atoms with Gasteiger partial charge in [-0.1, -0.05) is 18.2 Å². The Morgan fingerprint density at radius 2 is 1.75 bits per heavy atom. The Morgan fingerprint density at radius 1 is 1.03 bits per heavy atom. The second-order valence-corrected chi connectivity index (χ2v) is 7.80. The summed E-state index contributed by atoms with van der Waals surface area (Å²) in [6.45, 7) is 0. The van der Waals surface area contributed by atoms with Crippen LogP contribution < -0.4 is 5.32 Å². The monoisotopic (exact) mass is 463 g/mol. The number of hydrogen-bond acceptors (Lipinski definition) is 3. The fraction of sp³-hybridized carbons (Fsp3) is 0.381. The molecule has 32 heavy (non-hydrogen) atoms. The molecule has 0 spiro atoms. The lowest BCUT2D eigenvalue weighted by Gasteiger charge is -2.30. The summed E-state index contributed by atoms with van der Waals surface area (Å²) in [7, 11) is 0. The number of ether oxygens (including phenoxy) is 1. The van der Waals surface area contributed by atoms with Crippen molar-refractivity contribution in [2.24, 2.45) is 5.92 Å². The minimum atomic E-state index is -4.91. The minimum absolute atomic E-state index is 0.0690. The van der Waals surface area contributed by atoms with E-state index in [-0.39, 0.29) is 17.7 Å². The van der Waals surface area contributed by atoms with Crippen LogP contribution in [0.4, 0.5) is 36.4 Å². The van der Waals surface area contributed by atoms with Crippen molar-refractivity contribution in [3.05, 3.63) is 65.0 Å². The number of aliphatic hydroxyl groups excluding tert-OH is 1. The Bertz CT molecular complexity index is 1040. The van der Waals surface area contributed by atoms with Gasteiger partial charge in [0.2, 0.25) is 5.91 Å². The number of hydrogen-bond donors (Lipinski definition) is 2. The van der Waals surface area contributed by atoms with E-state index in [1.54, 1.807) is 0 Å². The molecule has 2 saturated heterocycles. The van der Waals surface area contributed by atoms with Crippen molar-refractivity contribution >= 4 is 11.6 Å². The zero-order valence-electron chi connectivity index (χ0n) is 16.0. The molecule has 11 heteroatoms. The number of benzene rings is 2. The van der Waals surface area contributed by atoms with E-state index in [4.69, 9.17) is 4.74 Å². The van der Waals surface area contributed by atoms with Gasteiger partial charge in [-0.3, -0.25) is 4.79 Å². The topological polar surface area (TPSA) is 58.6 Å². The lowest BCUT2D eigenvalue weighted by molar-refractivity contribution is -0.140. The lowest BCUT2D eigenvalue weighted by atomic mass is 9.73. The van der Waals surface area contributed by atoms with Crippen LogP contribution in [-0.2, 0) is 21.9 Å². The second-order valence-electron chi connectivity index (χ2n) is 7.80. The number of rotatable bonds is 3. The first-order valence-electron chi connectivity index (χ1n) is 9.54. The molecule has 4 nitrogen and oxygen atoms in total. The largest absolute Gasteiger partial charge is 0.419 e. The number of nitrogens with one attached hydrogen (secondary N) is 1. The van der Waals surface area contributed by atoms with Gasteiger partial charge in [0.15, 0.2) is 0 Å². The second kappa shape index (κ2) is 7.73. The Labute approximate surface area is 177 Å². The summed E-state index contributed by atoms with van der Waals surface area (Å²) in [4.78, 5) is 12.9. The predicted molar refractivity (Wildman–Crippen MR) is 97.0 cm³/mol. The zero-order valence-corrected chi connectivity index (χ0v) is 16.0. The van der Waals surface area contributed by atoms with Crippen LogP contribution in [0.2, 0.25) is 0 Å². The van der Waals surface area contributed by atoms with E-state index in [1.165, 1.54) is 12.1 Å². The molecular formula is C21H16F7NO3. The molecule has 1 amide bonds. The first kappa shape index (κ1) is 22.5. The van der Waals surface area contributed by atoms with Crippen molar-refractivity contribution < 1.29 is 45.4 Å². The van der Waals surface area contributed by atoms with Gasteiger partial charge in [-0.2, -0.15) is 26.3 Å². The van der Waals surface area contributed by atoms with E-state index < -0.39 is 65.4 Å². The molecule has 2 aliphatic rings. The molecule has 2 aromatic rings. The molecule has 5 atom stereocenters. The van der Waals surface area contributed by atoms with E-state index in [0.29, 0.717) is 12.1 Å². The third-order valence-electron chi connectivity index (χ3n) is 5.77. The van der Waals surface area contributed by atoms with E-state index in [9.17, 15) is 40.6 Å². The van der Waals surface area contributed by atoms with Crippen LogP contribution in [0.3, 0.4) is 0 Å². The van der Waals surface area contributed by atoms with Crippen LogP contribution in [0.1, 0.15) is 29.0 Å². The van der Waals surface area contributed by atoms with Crippen LogP contribution in [-0.4, -0.2) is 29.3 Å². The van der Waals surface area contributed by atoms with E-state index in [2.05, 4.69) is 5.32 Å². The highest BCUT2D eigenvalue weighted by Crippen LogP contribution is 2.50. The van der Waals surface area contributed by atoms with Gasteiger partial charge in [0, 0.05) is 18.0 Å². The highest BCUT2D eigenvalue weighted by molar-refractivity contribution is 5.94. The van der Waals surface area contributed by atoms with Gasteiger partial charge < -0.3 is 15.2 Å². The van der Waals surface area contributed by atoms with E-state index in [0.717, 1.165) is 18.2 Å². The average molecular weight is 463 g/mol. The summed E-state index contributed by atoms with van der Waals surface area (Å²) < 4.78 is 97.1. The molecule has 2 N–H and O–H groups in total. The third-order valence-corrected chi connectivity index (χ3v) is 5.77. The average Bonchev–Trinajstić information content (AvgIpc) is 3.23. The van der Waals surface area contributed by atoms with Gasteiger partial charge in [0.05, 0.1) is 35.4 Å². The summed E-state index contributed by atoms with van der Waals surface area (Å²) >= 11 is 0. The van der Waals surface area contributed by atoms with Crippen molar-refractivity contribution in [3.8, 4) is 0 Å². The van der Waals surface area contributed by atoms with Gasteiger partial charge in [0.25, 0.3) is 0 Å². The smallest absolute Gasteiger partial charge is 0.390 e. The van der Waals surface area contributed by atoms with Crippen molar-refractivity contribution in [2.45, 2.75) is 43.0 Å². The third kappa shape index (κ3) is 4.06. The van der Waals surface area contributed by atoms with Crippen molar-refractivity contribution in [3.63, 3.8) is 0 Å². The highest BCUT2D eigenvalue weighted by atomic mass is 19.4. The quantitative estimate of drug-likeness (QED) is 0.647. The van der Waals surface area contributed by atoms with Gasteiger partial charge in [0.1, 0.15) is 5.82 Å². The molecule has 0 saturated carbocycles. The van der Waals surface area contributed by atoms with Gasteiger partial charge >= 0.3 is 12.4 Å². The molecule has 2 aromatic carbocycles. The van der Waals surface area contributed by atoms with Gasteiger partial charge in [-0.15, -0.1) is 0 Å². The fourth-order valence-corrected chi connectivity index (χ4v) is 4.41. The lowest BCUT2D eigenvalue weighted by Crippen LogP contribution is -2.41. The van der Waals surface area contributed by atoms with Gasteiger partial charge in [-0.05, 0) is 29.8 Å². The molecule has 5 unspecified atom stereocenters. The zero-order chi connectivity index (χ0) is 23.4. The Kier molecular flexibility index (Phi) is 5.44. The summed E-state index contributed by atoms with van der Waals surface area (Å²) in [5, 5.41) is 12.5. The number of fused-ring (bicyclic) bond motifs is 2. The van der Waals surface area contributed by atoms with Crippen LogP contribution in [0.15, 0.2) is 42.5 Å². The van der Waals surface area contributed by atoms with Crippen LogP contribution in [0, 0.1) is 11.7 Å². The molecule has 2 bridgehead atoms. The van der Waals surface area contributed by atoms with Crippen LogP contribution in [0.25, 0.3) is 0 Å². The molecule has 4 rings (SSSR count). The molecular weight excluding hydrogens is 447 g/mol. The predicted octanol–water partition coefficient (Wildman–Crippen LogP) is 4.73. The minimum Gasteiger partial charge on any atom is -0.390 e. The Balaban J connectivity index is 1.62. The maximum Gasteiger partial charge on any atom is 0.419 e. The maximum atomic E-state index is 13.8. The number of carbonyl (C=O) groups is 1. The Morgan fingerprint density at radius 3 is 2.38 bits per heavy atom. The SMILES string of the molecule is O=C(Nc1ccc(C(F)(F)F)c(F)c1)C1C2CC(O)C(O2)C1c1cccc(C(F)(F)F)c1. The molecule has 2 aliphatic heterocycles. The maximum absolute atomic E-state index is 13.8. The molecule has 0 radical (unpaired) electrons. The normalized spacial score (nSPS) is 27.6. The molecule has 172 valence electrons. The number of carbonyl (C=O) groups excluding carboxylic acids is 1. The highest BCUT2D eigenvalue weighted by Gasteiger charge is 2.57. The Hall–Kier alpha value is -2.66.